The molecule has 0 aliphatic rings. The summed E-state index contributed by atoms with van der Waals surface area (Å²) in [4.78, 5) is 0. The van der Waals surface area contributed by atoms with Crippen molar-refractivity contribution in [1.82, 2.24) is 5.32 Å². The molecule has 0 aliphatic heterocycles. The molecule has 0 heterocycles. The van der Waals surface area contributed by atoms with E-state index in [1.54, 1.807) is 14.2 Å². The van der Waals surface area contributed by atoms with Gasteiger partial charge in [-0.05, 0) is 6.07 Å². The molecule has 0 radical (unpaired) electrons. The van der Waals surface area contributed by atoms with Gasteiger partial charge in [0.15, 0.2) is 0 Å². The predicted molar refractivity (Wildman–Crippen MR) is 80.1 cm³/mol. The molecule has 1 aromatic carbocycles. The molecule has 106 valence electrons. The standard InChI is InChI=1S/C14H20BrNO3/c1-11(15)10-19-14-8-13(18-3)5-4-12(14)9-16-6-7-17-2/h4-5,8,16H,1,6-7,9-10H2,2-3H3. The van der Waals surface area contributed by atoms with Gasteiger partial charge in [0.1, 0.15) is 18.1 Å². The van der Waals surface area contributed by atoms with Gasteiger partial charge >= 0.3 is 0 Å². The number of hydrogen-bond acceptors (Lipinski definition) is 4. The lowest BCUT2D eigenvalue weighted by molar-refractivity contribution is 0.199. The molecule has 0 aliphatic carbocycles. The molecule has 0 saturated heterocycles. The van der Waals surface area contributed by atoms with Crippen LogP contribution < -0.4 is 14.8 Å². The van der Waals surface area contributed by atoms with Crippen molar-refractivity contribution in [1.29, 1.82) is 0 Å². The topological polar surface area (TPSA) is 39.7 Å². The van der Waals surface area contributed by atoms with Crippen molar-refractivity contribution in [3.8, 4) is 11.5 Å². The molecule has 0 aromatic heterocycles. The summed E-state index contributed by atoms with van der Waals surface area (Å²) in [5, 5.41) is 3.29. The second-order valence-corrected chi connectivity index (χ2v) is 5.07. The van der Waals surface area contributed by atoms with Crippen LogP contribution in [0.15, 0.2) is 29.3 Å². The Morgan fingerprint density at radius 2 is 2.16 bits per heavy atom. The molecule has 0 spiro atoms. The van der Waals surface area contributed by atoms with Gasteiger partial charge in [-0.15, -0.1) is 0 Å². The van der Waals surface area contributed by atoms with E-state index in [4.69, 9.17) is 14.2 Å². The zero-order valence-corrected chi connectivity index (χ0v) is 13.0. The minimum absolute atomic E-state index is 0.429. The summed E-state index contributed by atoms with van der Waals surface area (Å²) in [5.41, 5.74) is 1.07. The first-order valence-corrected chi connectivity index (χ1v) is 6.79. The van der Waals surface area contributed by atoms with E-state index < -0.39 is 0 Å². The van der Waals surface area contributed by atoms with Crippen molar-refractivity contribution in [2.24, 2.45) is 0 Å². The number of halogens is 1. The molecule has 1 aromatic rings. The fourth-order valence-corrected chi connectivity index (χ4v) is 1.61. The lowest BCUT2D eigenvalue weighted by atomic mass is 10.2. The first-order valence-electron chi connectivity index (χ1n) is 6.00. The summed E-state index contributed by atoms with van der Waals surface area (Å²) in [6.45, 7) is 6.39. The van der Waals surface area contributed by atoms with E-state index in [0.29, 0.717) is 13.2 Å². The highest BCUT2D eigenvalue weighted by atomic mass is 79.9. The minimum Gasteiger partial charge on any atom is -0.497 e. The largest absolute Gasteiger partial charge is 0.497 e. The molecular formula is C14H20BrNO3. The van der Waals surface area contributed by atoms with Crippen LogP contribution >= 0.6 is 15.9 Å². The molecule has 0 bridgehead atoms. The van der Waals surface area contributed by atoms with E-state index in [1.165, 1.54) is 0 Å². The van der Waals surface area contributed by atoms with Gasteiger partial charge in [-0.1, -0.05) is 28.6 Å². The van der Waals surface area contributed by atoms with Gasteiger partial charge < -0.3 is 19.5 Å². The van der Waals surface area contributed by atoms with Gasteiger partial charge in [-0.2, -0.15) is 0 Å². The van der Waals surface area contributed by atoms with Crippen molar-refractivity contribution in [3.63, 3.8) is 0 Å². The van der Waals surface area contributed by atoms with Crippen LogP contribution in [0.3, 0.4) is 0 Å². The van der Waals surface area contributed by atoms with Crippen molar-refractivity contribution in [2.45, 2.75) is 6.54 Å². The Labute approximate surface area is 122 Å². The molecular weight excluding hydrogens is 310 g/mol. The minimum atomic E-state index is 0.429. The van der Waals surface area contributed by atoms with E-state index in [0.717, 1.165) is 34.6 Å². The average Bonchev–Trinajstić information content (AvgIpc) is 2.42. The molecule has 4 nitrogen and oxygen atoms in total. The molecule has 19 heavy (non-hydrogen) atoms. The average molecular weight is 330 g/mol. The summed E-state index contributed by atoms with van der Waals surface area (Å²) in [5.74, 6) is 1.57. The predicted octanol–water partition coefficient (Wildman–Crippen LogP) is 2.72. The number of rotatable bonds is 9. The Hall–Kier alpha value is -1.04. The van der Waals surface area contributed by atoms with Gasteiger partial charge in [0.25, 0.3) is 0 Å². The molecule has 0 saturated carbocycles. The van der Waals surface area contributed by atoms with Crippen LogP contribution in [0, 0.1) is 0 Å². The number of benzene rings is 1. The van der Waals surface area contributed by atoms with E-state index in [2.05, 4.69) is 27.8 Å². The molecule has 0 fully saturated rings. The maximum atomic E-state index is 5.70. The summed E-state index contributed by atoms with van der Waals surface area (Å²) >= 11 is 3.28. The second kappa shape index (κ2) is 8.96. The second-order valence-electron chi connectivity index (χ2n) is 3.95. The van der Waals surface area contributed by atoms with E-state index in [1.807, 2.05) is 18.2 Å². The van der Waals surface area contributed by atoms with Crippen LogP contribution in [0.4, 0.5) is 0 Å². The summed E-state index contributed by atoms with van der Waals surface area (Å²) < 4.78 is 16.7. The smallest absolute Gasteiger partial charge is 0.128 e. The molecule has 1 N–H and O–H groups in total. The zero-order valence-electron chi connectivity index (χ0n) is 11.4. The van der Waals surface area contributed by atoms with E-state index in [9.17, 15) is 0 Å². The van der Waals surface area contributed by atoms with Crippen LogP contribution in [0.1, 0.15) is 5.56 Å². The molecule has 0 unspecified atom stereocenters. The SMILES string of the molecule is C=C(Br)COc1cc(OC)ccc1CNCCOC. The fraction of sp³-hybridized carbons (Fsp3) is 0.429. The Balaban J connectivity index is 2.68. The Morgan fingerprint density at radius 3 is 2.79 bits per heavy atom. The number of methoxy groups -OCH3 is 2. The Kier molecular flexibility index (Phi) is 7.55. The maximum Gasteiger partial charge on any atom is 0.128 e. The van der Waals surface area contributed by atoms with Crippen molar-refractivity contribution < 1.29 is 14.2 Å². The van der Waals surface area contributed by atoms with Gasteiger partial charge in [-0.3, -0.25) is 0 Å². The Morgan fingerprint density at radius 1 is 1.37 bits per heavy atom. The number of nitrogens with one attached hydrogen (secondary N) is 1. The normalized spacial score (nSPS) is 10.3. The highest BCUT2D eigenvalue weighted by Crippen LogP contribution is 2.25. The first kappa shape index (κ1) is 16.0. The van der Waals surface area contributed by atoms with Gasteiger partial charge in [0.2, 0.25) is 0 Å². The fourth-order valence-electron chi connectivity index (χ4n) is 1.50. The van der Waals surface area contributed by atoms with Crippen LogP contribution in [-0.2, 0) is 11.3 Å². The maximum absolute atomic E-state index is 5.70. The third-order valence-electron chi connectivity index (χ3n) is 2.46. The van der Waals surface area contributed by atoms with Crippen LogP contribution in [0.5, 0.6) is 11.5 Å². The van der Waals surface area contributed by atoms with E-state index in [-0.39, 0.29) is 0 Å². The summed E-state index contributed by atoms with van der Waals surface area (Å²) in [7, 11) is 3.32. The monoisotopic (exact) mass is 329 g/mol. The lowest BCUT2D eigenvalue weighted by Crippen LogP contribution is -2.19. The third kappa shape index (κ3) is 6.09. The van der Waals surface area contributed by atoms with Crippen molar-refractivity contribution >= 4 is 15.9 Å². The quantitative estimate of drug-likeness (QED) is 0.707. The molecule has 0 atom stereocenters. The Bertz CT molecular complexity index is 410. The van der Waals surface area contributed by atoms with Gasteiger partial charge in [0.05, 0.1) is 13.7 Å². The summed E-state index contributed by atoms with van der Waals surface area (Å²) in [6.07, 6.45) is 0. The van der Waals surface area contributed by atoms with Crippen LogP contribution in [0.2, 0.25) is 0 Å². The van der Waals surface area contributed by atoms with Crippen molar-refractivity contribution in [3.05, 3.63) is 34.8 Å². The van der Waals surface area contributed by atoms with Crippen LogP contribution in [0.25, 0.3) is 0 Å². The third-order valence-corrected chi connectivity index (χ3v) is 2.69. The first-order chi connectivity index (χ1) is 9.17. The van der Waals surface area contributed by atoms with Gasteiger partial charge in [-0.25, -0.2) is 0 Å². The number of ether oxygens (including phenoxy) is 3. The lowest BCUT2D eigenvalue weighted by Gasteiger charge is -2.13. The van der Waals surface area contributed by atoms with Crippen LogP contribution in [-0.4, -0.2) is 34.0 Å². The molecule has 0 amide bonds. The highest BCUT2D eigenvalue weighted by molar-refractivity contribution is 9.11. The summed E-state index contributed by atoms with van der Waals surface area (Å²) in [6, 6.07) is 5.79. The van der Waals surface area contributed by atoms with Gasteiger partial charge in [0, 0.05) is 36.3 Å². The number of hydrogen-bond donors (Lipinski definition) is 1. The highest BCUT2D eigenvalue weighted by Gasteiger charge is 2.06. The zero-order chi connectivity index (χ0) is 14.1. The van der Waals surface area contributed by atoms with E-state index >= 15 is 0 Å². The molecule has 5 heteroatoms. The molecule has 1 rings (SSSR count). The van der Waals surface area contributed by atoms with Crippen molar-refractivity contribution in [2.75, 3.05) is 34.0 Å².